The quantitative estimate of drug-likeness (QED) is 0.768. The van der Waals surface area contributed by atoms with Crippen LogP contribution >= 0.6 is 22.9 Å². The molecule has 1 rings (SSSR count). The fourth-order valence-corrected chi connectivity index (χ4v) is 2.44. The minimum Gasteiger partial charge on any atom is -0.368 e. The van der Waals surface area contributed by atoms with Crippen LogP contribution in [-0.2, 0) is 21.9 Å². The molecule has 1 atom stereocenters. The summed E-state index contributed by atoms with van der Waals surface area (Å²) >= 11 is 7.00. The molecule has 1 unspecified atom stereocenters. The Balaban J connectivity index is 2.57. The molecule has 0 aromatic carbocycles. The molecular formula is C11H16ClN3O2S. The molecule has 0 spiro atoms. The number of amides is 2. The van der Waals surface area contributed by atoms with E-state index in [1.165, 1.54) is 11.3 Å². The summed E-state index contributed by atoms with van der Waals surface area (Å²) in [5.41, 5.74) is 5.97. The van der Waals surface area contributed by atoms with Gasteiger partial charge in [0.2, 0.25) is 11.8 Å². The Kier molecular flexibility index (Phi) is 5.55. The van der Waals surface area contributed by atoms with E-state index in [9.17, 15) is 9.59 Å². The highest BCUT2D eigenvalue weighted by Crippen LogP contribution is 2.12. The van der Waals surface area contributed by atoms with Gasteiger partial charge in [-0.05, 0) is 5.92 Å². The van der Waals surface area contributed by atoms with E-state index in [-0.39, 0.29) is 18.2 Å². The summed E-state index contributed by atoms with van der Waals surface area (Å²) in [6, 6.07) is -0.648. The van der Waals surface area contributed by atoms with Crippen molar-refractivity contribution in [1.82, 2.24) is 10.3 Å². The number of carbonyl (C=O) groups is 2. The van der Waals surface area contributed by atoms with E-state index in [2.05, 4.69) is 10.3 Å². The van der Waals surface area contributed by atoms with Crippen LogP contribution in [0.3, 0.4) is 0 Å². The average Bonchev–Trinajstić information content (AvgIpc) is 2.72. The molecule has 5 nitrogen and oxygen atoms in total. The Morgan fingerprint density at radius 1 is 1.56 bits per heavy atom. The van der Waals surface area contributed by atoms with Gasteiger partial charge >= 0.3 is 0 Å². The first-order chi connectivity index (χ1) is 8.43. The van der Waals surface area contributed by atoms with Crippen molar-refractivity contribution in [2.24, 2.45) is 11.7 Å². The summed E-state index contributed by atoms with van der Waals surface area (Å²) in [4.78, 5) is 27.1. The molecule has 3 N–H and O–H groups in total. The van der Waals surface area contributed by atoms with Gasteiger partial charge in [0.05, 0.1) is 18.0 Å². The van der Waals surface area contributed by atoms with Crippen molar-refractivity contribution >= 4 is 34.8 Å². The van der Waals surface area contributed by atoms with Crippen molar-refractivity contribution in [3.8, 4) is 0 Å². The van der Waals surface area contributed by atoms with Crippen molar-refractivity contribution in [2.45, 2.75) is 32.2 Å². The van der Waals surface area contributed by atoms with E-state index < -0.39 is 11.9 Å². The Bertz CT molecular complexity index is 434. The van der Waals surface area contributed by atoms with E-state index >= 15 is 0 Å². The van der Waals surface area contributed by atoms with Crippen molar-refractivity contribution in [3.63, 3.8) is 0 Å². The average molecular weight is 290 g/mol. The lowest BCUT2D eigenvalue weighted by atomic mass is 10.0. The zero-order valence-corrected chi connectivity index (χ0v) is 11.8. The highest BCUT2D eigenvalue weighted by atomic mass is 35.5. The van der Waals surface area contributed by atoms with Gasteiger partial charge in [-0.1, -0.05) is 13.8 Å². The van der Waals surface area contributed by atoms with Gasteiger partial charge in [0.1, 0.15) is 11.0 Å². The molecule has 0 aliphatic rings. The molecule has 1 aromatic heterocycles. The molecule has 0 aliphatic heterocycles. The van der Waals surface area contributed by atoms with Crippen molar-refractivity contribution in [2.75, 3.05) is 0 Å². The third-order valence-corrected chi connectivity index (χ3v) is 3.51. The lowest BCUT2D eigenvalue weighted by Crippen LogP contribution is -2.48. The predicted molar refractivity (Wildman–Crippen MR) is 71.3 cm³/mol. The molecule has 100 valence electrons. The van der Waals surface area contributed by atoms with Gasteiger partial charge in [-0.3, -0.25) is 9.59 Å². The third kappa shape index (κ3) is 4.27. The molecular weight excluding hydrogens is 274 g/mol. The number of nitrogens with one attached hydrogen (secondary N) is 1. The summed E-state index contributed by atoms with van der Waals surface area (Å²) in [7, 11) is 0. The maximum Gasteiger partial charge on any atom is 0.240 e. The van der Waals surface area contributed by atoms with Gasteiger partial charge in [-0.25, -0.2) is 4.98 Å². The zero-order chi connectivity index (χ0) is 13.7. The molecule has 0 radical (unpaired) electrons. The van der Waals surface area contributed by atoms with Crippen LogP contribution in [0.15, 0.2) is 5.38 Å². The molecule has 7 heteroatoms. The monoisotopic (exact) mass is 289 g/mol. The van der Waals surface area contributed by atoms with Crippen LogP contribution in [0.5, 0.6) is 0 Å². The van der Waals surface area contributed by atoms with E-state index in [0.29, 0.717) is 10.9 Å². The fourth-order valence-electron chi connectivity index (χ4n) is 1.42. The standard InChI is InChI=1S/C11H16ClN3O2S/c1-6(2)10(11(13)17)15-8(16)3-9-14-7(4-12)5-18-9/h5-6,10H,3-4H2,1-2H3,(H2,13,17)(H,15,16). The second-order valence-electron chi connectivity index (χ2n) is 4.23. The Hall–Kier alpha value is -1.14. The minimum atomic E-state index is -0.648. The van der Waals surface area contributed by atoms with Crippen LogP contribution in [0.25, 0.3) is 0 Å². The number of nitrogens with zero attached hydrogens (tertiary/aromatic N) is 1. The molecule has 0 bridgehead atoms. The largest absolute Gasteiger partial charge is 0.368 e. The fraction of sp³-hybridized carbons (Fsp3) is 0.545. The molecule has 1 aromatic rings. The summed E-state index contributed by atoms with van der Waals surface area (Å²) in [5.74, 6) is -0.503. The summed E-state index contributed by atoms with van der Waals surface area (Å²) in [5, 5.41) is 5.10. The van der Waals surface area contributed by atoms with Crippen molar-refractivity contribution < 1.29 is 9.59 Å². The number of thiazole rings is 1. The summed E-state index contributed by atoms with van der Waals surface area (Å²) in [6.07, 6.45) is 0.137. The maximum atomic E-state index is 11.7. The molecule has 0 fully saturated rings. The second-order valence-corrected chi connectivity index (χ2v) is 5.44. The first kappa shape index (κ1) is 14.9. The molecule has 2 amide bonds. The Morgan fingerprint density at radius 3 is 2.67 bits per heavy atom. The Labute approximate surface area is 115 Å². The zero-order valence-electron chi connectivity index (χ0n) is 10.3. The predicted octanol–water partition coefficient (Wildman–Crippen LogP) is 1.05. The second kappa shape index (κ2) is 6.70. The number of hydrogen-bond donors (Lipinski definition) is 2. The number of primary amides is 1. The van der Waals surface area contributed by atoms with E-state index in [1.807, 2.05) is 19.2 Å². The first-order valence-corrected chi connectivity index (χ1v) is 6.93. The highest BCUT2D eigenvalue weighted by molar-refractivity contribution is 7.09. The van der Waals surface area contributed by atoms with Crippen molar-refractivity contribution in [3.05, 3.63) is 16.1 Å². The van der Waals surface area contributed by atoms with E-state index in [1.54, 1.807) is 0 Å². The van der Waals surface area contributed by atoms with Crippen LogP contribution in [-0.4, -0.2) is 22.8 Å². The molecule has 0 aliphatic carbocycles. The number of nitrogens with two attached hydrogens (primary N) is 1. The first-order valence-electron chi connectivity index (χ1n) is 5.52. The van der Waals surface area contributed by atoms with Crippen LogP contribution in [0.2, 0.25) is 0 Å². The lowest BCUT2D eigenvalue weighted by molar-refractivity contribution is -0.127. The van der Waals surface area contributed by atoms with Gasteiger partial charge in [-0.15, -0.1) is 22.9 Å². The van der Waals surface area contributed by atoms with Crippen LogP contribution < -0.4 is 11.1 Å². The molecule has 0 saturated carbocycles. The minimum absolute atomic E-state index is 0.0406. The van der Waals surface area contributed by atoms with E-state index in [0.717, 1.165) is 5.69 Å². The SMILES string of the molecule is CC(C)C(NC(=O)Cc1nc(CCl)cs1)C(N)=O. The lowest BCUT2D eigenvalue weighted by Gasteiger charge is -2.18. The highest BCUT2D eigenvalue weighted by Gasteiger charge is 2.21. The molecule has 0 saturated heterocycles. The summed E-state index contributed by atoms with van der Waals surface area (Å²) in [6.45, 7) is 3.65. The smallest absolute Gasteiger partial charge is 0.240 e. The third-order valence-electron chi connectivity index (χ3n) is 2.34. The topological polar surface area (TPSA) is 85.1 Å². The van der Waals surface area contributed by atoms with Gasteiger partial charge in [0.25, 0.3) is 0 Å². The number of halogens is 1. The van der Waals surface area contributed by atoms with Crippen LogP contribution in [0, 0.1) is 5.92 Å². The Morgan fingerprint density at radius 2 is 2.22 bits per heavy atom. The number of carbonyl (C=O) groups excluding carboxylic acids is 2. The number of alkyl halides is 1. The molecule has 18 heavy (non-hydrogen) atoms. The van der Waals surface area contributed by atoms with Crippen LogP contribution in [0.4, 0.5) is 0 Å². The van der Waals surface area contributed by atoms with Gasteiger partial charge in [0, 0.05) is 5.38 Å². The number of rotatable bonds is 6. The maximum absolute atomic E-state index is 11.7. The summed E-state index contributed by atoms with van der Waals surface area (Å²) < 4.78 is 0. The van der Waals surface area contributed by atoms with E-state index in [4.69, 9.17) is 17.3 Å². The number of hydrogen-bond acceptors (Lipinski definition) is 4. The normalized spacial score (nSPS) is 12.4. The van der Waals surface area contributed by atoms with Gasteiger partial charge in [0.15, 0.2) is 0 Å². The van der Waals surface area contributed by atoms with Gasteiger partial charge < -0.3 is 11.1 Å². The van der Waals surface area contributed by atoms with Gasteiger partial charge in [-0.2, -0.15) is 0 Å². The van der Waals surface area contributed by atoms with Crippen LogP contribution in [0.1, 0.15) is 24.5 Å². The molecule has 1 heterocycles. The van der Waals surface area contributed by atoms with Crippen molar-refractivity contribution in [1.29, 1.82) is 0 Å². The number of aromatic nitrogens is 1.